The monoisotopic (exact) mass is 482 g/mol. The summed E-state index contributed by atoms with van der Waals surface area (Å²) in [5, 5.41) is 0. The highest BCUT2D eigenvalue weighted by atomic mass is 19.1. The quantitative estimate of drug-likeness (QED) is 0.350. The second-order valence-electron chi connectivity index (χ2n) is 11.5. The molecule has 0 atom stereocenters. The van der Waals surface area contributed by atoms with E-state index in [9.17, 15) is 0 Å². The van der Waals surface area contributed by atoms with Crippen LogP contribution in [0.2, 0.25) is 0 Å². The van der Waals surface area contributed by atoms with Gasteiger partial charge >= 0.3 is 0 Å². The Hall–Kier alpha value is -3.07. The van der Waals surface area contributed by atoms with Crippen molar-refractivity contribution in [1.82, 2.24) is 0 Å². The van der Waals surface area contributed by atoms with Crippen molar-refractivity contribution in [2.24, 2.45) is 5.41 Å². The number of hydrogen-bond donors (Lipinski definition) is 0. The number of ether oxygens (including phenoxy) is 2. The van der Waals surface area contributed by atoms with Crippen molar-refractivity contribution in [3.8, 4) is 22.6 Å². The lowest BCUT2D eigenvalue weighted by Crippen LogP contribution is -2.31. The molecule has 0 aromatic heterocycles. The minimum Gasteiger partial charge on any atom is -0.497 e. The molecular formula is C33H35FO2. The highest BCUT2D eigenvalue weighted by Crippen LogP contribution is 2.53. The first-order chi connectivity index (χ1) is 17.4. The second-order valence-corrected chi connectivity index (χ2v) is 11.5. The van der Waals surface area contributed by atoms with Gasteiger partial charge in [0.2, 0.25) is 0 Å². The van der Waals surface area contributed by atoms with Crippen molar-refractivity contribution in [3.05, 3.63) is 88.7 Å². The van der Waals surface area contributed by atoms with Crippen LogP contribution in [0.25, 0.3) is 16.7 Å². The zero-order valence-electron chi connectivity index (χ0n) is 21.6. The fraction of sp³-hybridized carbons (Fsp3) is 0.394. The highest BCUT2D eigenvalue weighted by Gasteiger charge is 2.43. The van der Waals surface area contributed by atoms with Crippen molar-refractivity contribution in [2.75, 3.05) is 7.11 Å². The third kappa shape index (κ3) is 3.93. The number of benzene rings is 3. The number of hydrogen-bond acceptors (Lipinski definition) is 2. The molecule has 3 heteroatoms. The van der Waals surface area contributed by atoms with Crippen LogP contribution < -0.4 is 9.47 Å². The largest absolute Gasteiger partial charge is 0.497 e. The van der Waals surface area contributed by atoms with Crippen molar-refractivity contribution >= 4 is 5.57 Å². The van der Waals surface area contributed by atoms with E-state index in [4.69, 9.17) is 9.47 Å². The third-order valence-corrected chi connectivity index (χ3v) is 8.93. The Bertz CT molecular complexity index is 1350. The molecule has 2 nitrogen and oxygen atoms in total. The van der Waals surface area contributed by atoms with E-state index in [0.717, 1.165) is 35.3 Å². The van der Waals surface area contributed by atoms with E-state index in [1.807, 2.05) is 6.07 Å². The summed E-state index contributed by atoms with van der Waals surface area (Å²) in [5.74, 6) is 1.37. The molecule has 0 amide bonds. The number of halogens is 1. The lowest BCUT2D eigenvalue weighted by atomic mass is 9.65. The number of aryl methyl sites for hydroxylation is 1. The van der Waals surface area contributed by atoms with Gasteiger partial charge in [-0.3, -0.25) is 0 Å². The van der Waals surface area contributed by atoms with Gasteiger partial charge in [-0.1, -0.05) is 44.5 Å². The molecular weight excluding hydrogens is 447 g/mol. The molecule has 1 fully saturated rings. The summed E-state index contributed by atoms with van der Waals surface area (Å²) in [4.78, 5) is 0. The summed E-state index contributed by atoms with van der Waals surface area (Å²) in [6.45, 7) is 5.05. The summed E-state index contributed by atoms with van der Waals surface area (Å²) in [6, 6.07) is 18.0. The number of fused-ring (bicyclic) bond motifs is 2. The van der Waals surface area contributed by atoms with Crippen molar-refractivity contribution in [3.63, 3.8) is 0 Å². The van der Waals surface area contributed by atoms with Crippen molar-refractivity contribution in [2.45, 2.75) is 70.8 Å². The molecule has 36 heavy (non-hydrogen) atoms. The number of rotatable bonds is 6. The van der Waals surface area contributed by atoms with Crippen LogP contribution in [0.1, 0.15) is 74.6 Å². The summed E-state index contributed by atoms with van der Waals surface area (Å²) < 4.78 is 26.8. The minimum absolute atomic E-state index is 0.0423. The van der Waals surface area contributed by atoms with Crippen LogP contribution in [0.3, 0.4) is 0 Å². The average molecular weight is 483 g/mol. The Kier molecular flexibility index (Phi) is 5.70. The molecule has 1 saturated carbocycles. The first kappa shape index (κ1) is 23.3. The Labute approximate surface area is 214 Å². The fourth-order valence-electron chi connectivity index (χ4n) is 6.59. The molecule has 0 N–H and O–H groups in total. The topological polar surface area (TPSA) is 18.5 Å². The molecule has 3 aliphatic carbocycles. The van der Waals surface area contributed by atoms with Gasteiger partial charge in [-0.25, -0.2) is 4.39 Å². The SMILES string of the molecule is COc1ccc(F)c(-c2ccc(COc3ccc4c(c3)C3(CCC3)CC4)cc2C2=CCCC2(C)C)c1. The molecule has 0 saturated heterocycles. The summed E-state index contributed by atoms with van der Waals surface area (Å²) in [7, 11) is 1.62. The van der Waals surface area contributed by atoms with Crippen molar-refractivity contribution < 1.29 is 13.9 Å². The van der Waals surface area contributed by atoms with E-state index in [2.05, 4.69) is 50.3 Å². The van der Waals surface area contributed by atoms with E-state index < -0.39 is 0 Å². The van der Waals surface area contributed by atoms with E-state index in [0.29, 0.717) is 23.3 Å². The molecule has 3 aliphatic rings. The predicted octanol–water partition coefficient (Wildman–Crippen LogP) is 8.65. The first-order valence-corrected chi connectivity index (χ1v) is 13.3. The number of methoxy groups -OCH3 is 1. The third-order valence-electron chi connectivity index (χ3n) is 8.93. The maximum Gasteiger partial charge on any atom is 0.131 e. The van der Waals surface area contributed by atoms with Crippen LogP contribution in [0.5, 0.6) is 11.5 Å². The van der Waals surface area contributed by atoms with Gasteiger partial charge in [0.25, 0.3) is 0 Å². The summed E-state index contributed by atoms with van der Waals surface area (Å²) >= 11 is 0. The maximum absolute atomic E-state index is 15.0. The van der Waals surface area contributed by atoms with Crippen LogP contribution in [0.4, 0.5) is 4.39 Å². The average Bonchev–Trinajstić information content (AvgIpc) is 3.42. The molecule has 3 aromatic rings. The van der Waals surface area contributed by atoms with Crippen LogP contribution in [-0.2, 0) is 18.4 Å². The van der Waals surface area contributed by atoms with Gasteiger partial charge in [0, 0.05) is 5.56 Å². The van der Waals surface area contributed by atoms with Crippen LogP contribution in [0, 0.1) is 11.2 Å². The van der Waals surface area contributed by atoms with Gasteiger partial charge in [-0.05, 0) is 119 Å². The Morgan fingerprint density at radius 2 is 1.67 bits per heavy atom. The summed E-state index contributed by atoms with van der Waals surface area (Å²) in [6.07, 6.45) is 10.9. The standard InChI is InChI=1S/C33H35FO2/c1-32(2)14-4-6-29(32)27-18-22(7-11-26(27)28-19-24(35-3)10-12-31(28)34)21-36-25-9-8-23-13-17-33(15-5-16-33)30(23)20-25/h6-12,18-20H,4-5,13-17,21H2,1-3H3. The summed E-state index contributed by atoms with van der Waals surface area (Å²) in [5.41, 5.74) is 8.44. The molecule has 0 aliphatic heterocycles. The van der Waals surface area contributed by atoms with E-state index in [1.165, 1.54) is 54.9 Å². The molecule has 1 spiro atoms. The zero-order valence-corrected chi connectivity index (χ0v) is 21.6. The van der Waals surface area contributed by atoms with Gasteiger partial charge < -0.3 is 9.47 Å². The lowest BCUT2D eigenvalue weighted by molar-refractivity contribution is 0.242. The molecule has 0 unspecified atom stereocenters. The Morgan fingerprint density at radius 1 is 0.833 bits per heavy atom. The zero-order chi connectivity index (χ0) is 24.9. The van der Waals surface area contributed by atoms with Gasteiger partial charge in [0.1, 0.15) is 23.9 Å². The van der Waals surface area contributed by atoms with E-state index in [1.54, 1.807) is 19.2 Å². The maximum atomic E-state index is 15.0. The van der Waals surface area contributed by atoms with Crippen LogP contribution in [0.15, 0.2) is 60.7 Å². The molecule has 0 radical (unpaired) electrons. The molecule has 6 rings (SSSR count). The second kappa shape index (κ2) is 8.80. The van der Waals surface area contributed by atoms with Gasteiger partial charge in [-0.2, -0.15) is 0 Å². The van der Waals surface area contributed by atoms with Gasteiger partial charge in [0.05, 0.1) is 7.11 Å². The van der Waals surface area contributed by atoms with E-state index in [-0.39, 0.29) is 11.2 Å². The van der Waals surface area contributed by atoms with Crippen LogP contribution in [-0.4, -0.2) is 7.11 Å². The molecule has 0 bridgehead atoms. The molecule has 0 heterocycles. The lowest BCUT2D eigenvalue weighted by Gasteiger charge is -2.39. The van der Waals surface area contributed by atoms with Gasteiger partial charge in [-0.15, -0.1) is 0 Å². The van der Waals surface area contributed by atoms with Crippen LogP contribution >= 0.6 is 0 Å². The Morgan fingerprint density at radius 3 is 2.39 bits per heavy atom. The predicted molar refractivity (Wildman–Crippen MR) is 144 cm³/mol. The molecule has 3 aromatic carbocycles. The minimum atomic E-state index is -0.236. The first-order valence-electron chi connectivity index (χ1n) is 13.3. The van der Waals surface area contributed by atoms with Gasteiger partial charge in [0.15, 0.2) is 0 Å². The highest BCUT2D eigenvalue weighted by molar-refractivity contribution is 5.85. The number of allylic oxidation sites excluding steroid dienone is 2. The van der Waals surface area contributed by atoms with E-state index >= 15 is 4.39 Å². The Balaban J connectivity index is 1.33. The fourth-order valence-corrected chi connectivity index (χ4v) is 6.59. The normalized spacial score (nSPS) is 19.1. The van der Waals surface area contributed by atoms with Crippen molar-refractivity contribution in [1.29, 1.82) is 0 Å². The smallest absolute Gasteiger partial charge is 0.131 e. The molecule has 186 valence electrons.